The molecule has 7 nitrogen and oxygen atoms in total. The number of aryl methyl sites for hydroxylation is 1. The maximum Gasteiger partial charge on any atom is 0.250 e. The largest absolute Gasteiger partial charge is 0.493 e. The number of nitrogens with zero attached hydrogens (tertiary/aromatic N) is 4. The van der Waals surface area contributed by atoms with Crippen molar-refractivity contribution in [2.24, 2.45) is 0 Å². The Labute approximate surface area is 181 Å². The van der Waals surface area contributed by atoms with Gasteiger partial charge in [-0.3, -0.25) is 4.40 Å². The molecule has 0 fully saturated rings. The molecule has 0 N–H and O–H groups in total. The molecule has 0 unspecified atom stereocenters. The van der Waals surface area contributed by atoms with E-state index in [-0.39, 0.29) is 17.6 Å². The summed E-state index contributed by atoms with van der Waals surface area (Å²) in [5.41, 5.74) is 4.07. The number of methoxy groups -OCH3 is 1. The molecule has 6 rings (SSSR count). The Hall–Kier alpha value is -3.75. The van der Waals surface area contributed by atoms with Gasteiger partial charge in [0.25, 0.3) is 0 Å². The Bertz CT molecular complexity index is 1370. The van der Waals surface area contributed by atoms with E-state index >= 15 is 0 Å². The van der Waals surface area contributed by atoms with Crippen LogP contribution in [0.5, 0.6) is 17.4 Å². The molecule has 2 aliphatic rings. The fourth-order valence-corrected chi connectivity index (χ4v) is 4.60. The van der Waals surface area contributed by atoms with Crippen molar-refractivity contribution in [2.75, 3.05) is 20.3 Å². The first-order valence-electron chi connectivity index (χ1n) is 10.3. The topological polar surface area (TPSA) is 70.8 Å². The summed E-state index contributed by atoms with van der Waals surface area (Å²) in [6.07, 6.45) is 4.11. The standard InChI is InChI=1S/C23H18F2N4O3/c1-30-23-17(25)6-12(8-26-23)15-7-20-18(29-11-27-28-22(15)29)4-2-14-16(24)3-5-19-21(14)13(9-31-19)10-32-20/h3,5-8,11,13H,2,4,9-10H2,1H3/t13-/m1/s1. The van der Waals surface area contributed by atoms with Gasteiger partial charge in [-0.25, -0.2) is 13.8 Å². The van der Waals surface area contributed by atoms with Crippen LogP contribution in [0, 0.1) is 11.6 Å². The zero-order chi connectivity index (χ0) is 21.8. The molecule has 9 heteroatoms. The molecule has 0 radical (unpaired) electrons. The van der Waals surface area contributed by atoms with E-state index < -0.39 is 5.82 Å². The highest BCUT2D eigenvalue weighted by Gasteiger charge is 2.31. The number of pyridine rings is 2. The molecule has 0 saturated heterocycles. The smallest absolute Gasteiger partial charge is 0.250 e. The third-order valence-electron chi connectivity index (χ3n) is 6.11. The van der Waals surface area contributed by atoms with Crippen LogP contribution in [0.4, 0.5) is 8.78 Å². The van der Waals surface area contributed by atoms with E-state index in [4.69, 9.17) is 14.2 Å². The third kappa shape index (κ3) is 2.80. The van der Waals surface area contributed by atoms with Crippen molar-refractivity contribution in [1.82, 2.24) is 19.6 Å². The van der Waals surface area contributed by atoms with Crippen LogP contribution in [-0.2, 0) is 12.8 Å². The van der Waals surface area contributed by atoms with Gasteiger partial charge in [-0.1, -0.05) is 0 Å². The molecule has 0 amide bonds. The van der Waals surface area contributed by atoms with Crippen LogP contribution in [0.3, 0.4) is 0 Å². The molecule has 1 aromatic carbocycles. The average molecular weight is 436 g/mol. The number of fused-ring (bicyclic) bond motifs is 3. The molecule has 3 aromatic heterocycles. The van der Waals surface area contributed by atoms with E-state index in [0.29, 0.717) is 54.1 Å². The Morgan fingerprint density at radius 2 is 1.91 bits per heavy atom. The van der Waals surface area contributed by atoms with Gasteiger partial charge in [0.1, 0.15) is 23.6 Å². The minimum absolute atomic E-state index is 0.0678. The number of halogens is 2. The summed E-state index contributed by atoms with van der Waals surface area (Å²) in [4.78, 5) is 4.04. The van der Waals surface area contributed by atoms with Crippen LogP contribution >= 0.6 is 0 Å². The summed E-state index contributed by atoms with van der Waals surface area (Å²) in [5.74, 6) is 0.373. The van der Waals surface area contributed by atoms with Crippen molar-refractivity contribution in [3.63, 3.8) is 0 Å². The lowest BCUT2D eigenvalue weighted by Gasteiger charge is -2.16. The van der Waals surface area contributed by atoms with Gasteiger partial charge >= 0.3 is 0 Å². The minimum atomic E-state index is -0.575. The quantitative estimate of drug-likeness (QED) is 0.477. The van der Waals surface area contributed by atoms with E-state index in [0.717, 1.165) is 17.0 Å². The van der Waals surface area contributed by atoms with Crippen molar-refractivity contribution in [3.8, 4) is 28.5 Å². The highest BCUT2D eigenvalue weighted by Crippen LogP contribution is 2.41. The van der Waals surface area contributed by atoms with Crippen LogP contribution in [0.15, 0.2) is 36.8 Å². The lowest BCUT2D eigenvalue weighted by Crippen LogP contribution is -2.13. The summed E-state index contributed by atoms with van der Waals surface area (Å²) in [6, 6.07) is 6.31. The lowest BCUT2D eigenvalue weighted by atomic mass is 9.93. The number of benzene rings is 1. The van der Waals surface area contributed by atoms with Crippen LogP contribution in [0.2, 0.25) is 0 Å². The van der Waals surface area contributed by atoms with Crippen LogP contribution in [0.25, 0.3) is 16.8 Å². The second-order valence-electron chi connectivity index (χ2n) is 7.87. The van der Waals surface area contributed by atoms with Gasteiger partial charge < -0.3 is 14.2 Å². The van der Waals surface area contributed by atoms with Gasteiger partial charge in [-0.2, -0.15) is 0 Å². The maximum absolute atomic E-state index is 14.7. The zero-order valence-electron chi connectivity index (χ0n) is 17.1. The first kappa shape index (κ1) is 19.0. The molecular weight excluding hydrogens is 418 g/mol. The highest BCUT2D eigenvalue weighted by molar-refractivity contribution is 5.79. The summed E-state index contributed by atoms with van der Waals surface area (Å²) in [6.45, 7) is 0.773. The lowest BCUT2D eigenvalue weighted by molar-refractivity contribution is 0.246. The summed E-state index contributed by atoms with van der Waals surface area (Å²) in [7, 11) is 1.36. The third-order valence-corrected chi connectivity index (χ3v) is 6.11. The van der Waals surface area contributed by atoms with Crippen molar-refractivity contribution >= 4 is 5.65 Å². The van der Waals surface area contributed by atoms with Crippen LogP contribution in [-0.4, -0.2) is 39.9 Å². The number of hydrogen-bond acceptors (Lipinski definition) is 6. The predicted molar refractivity (Wildman–Crippen MR) is 110 cm³/mol. The van der Waals surface area contributed by atoms with Crippen LogP contribution in [0.1, 0.15) is 22.7 Å². The summed E-state index contributed by atoms with van der Waals surface area (Å²) in [5, 5.41) is 8.29. The van der Waals surface area contributed by atoms with Crippen molar-refractivity contribution < 1.29 is 23.0 Å². The zero-order valence-corrected chi connectivity index (χ0v) is 17.1. The molecule has 2 aliphatic heterocycles. The molecule has 1 atom stereocenters. The van der Waals surface area contributed by atoms with E-state index in [1.807, 2.05) is 10.5 Å². The molecule has 32 heavy (non-hydrogen) atoms. The van der Waals surface area contributed by atoms with E-state index in [9.17, 15) is 8.78 Å². The van der Waals surface area contributed by atoms with E-state index in [2.05, 4.69) is 15.2 Å². The molecule has 0 spiro atoms. The fraction of sp³-hybridized carbons (Fsp3) is 0.261. The maximum atomic E-state index is 14.7. The molecule has 0 saturated carbocycles. The Kier molecular flexibility index (Phi) is 4.24. The van der Waals surface area contributed by atoms with E-state index in [1.54, 1.807) is 12.4 Å². The molecular formula is C23H18F2N4O3. The monoisotopic (exact) mass is 436 g/mol. The Morgan fingerprint density at radius 1 is 1.06 bits per heavy atom. The number of rotatable bonds is 2. The number of hydrogen-bond donors (Lipinski definition) is 0. The minimum Gasteiger partial charge on any atom is -0.493 e. The van der Waals surface area contributed by atoms with E-state index in [1.165, 1.54) is 25.4 Å². The molecule has 0 bridgehead atoms. The average Bonchev–Trinajstić information content (AvgIpc) is 3.45. The first-order valence-corrected chi connectivity index (χ1v) is 10.3. The highest BCUT2D eigenvalue weighted by atomic mass is 19.1. The summed E-state index contributed by atoms with van der Waals surface area (Å²) < 4.78 is 47.8. The Balaban J connectivity index is 1.50. The van der Waals surface area contributed by atoms with Crippen molar-refractivity contribution in [3.05, 3.63) is 65.2 Å². The van der Waals surface area contributed by atoms with Gasteiger partial charge in [0.05, 0.1) is 31.9 Å². The molecule has 162 valence electrons. The normalized spacial score (nSPS) is 16.9. The SMILES string of the molecule is COc1ncc(-c2cc3c(n4cnnc24)CCc2c(F)ccc4c2[C@H](CO4)CO3)cc1F. The number of ether oxygens (including phenoxy) is 3. The van der Waals surface area contributed by atoms with Gasteiger partial charge in [0, 0.05) is 22.9 Å². The molecule has 0 aliphatic carbocycles. The summed E-state index contributed by atoms with van der Waals surface area (Å²) >= 11 is 0. The van der Waals surface area contributed by atoms with Crippen molar-refractivity contribution in [1.29, 1.82) is 0 Å². The molecule has 5 heterocycles. The Morgan fingerprint density at radius 3 is 2.72 bits per heavy atom. The van der Waals surface area contributed by atoms with Crippen LogP contribution < -0.4 is 14.2 Å². The van der Waals surface area contributed by atoms with Gasteiger partial charge in [-0.15, -0.1) is 10.2 Å². The second-order valence-corrected chi connectivity index (χ2v) is 7.87. The van der Waals surface area contributed by atoms with Gasteiger partial charge in [0.2, 0.25) is 5.88 Å². The predicted octanol–water partition coefficient (Wildman–Crippen LogP) is 3.73. The number of aromatic nitrogens is 4. The van der Waals surface area contributed by atoms with Crippen molar-refractivity contribution in [2.45, 2.75) is 18.8 Å². The fourth-order valence-electron chi connectivity index (χ4n) is 4.60. The second kappa shape index (κ2) is 7.15. The molecule has 4 aromatic rings. The van der Waals surface area contributed by atoms with Gasteiger partial charge in [0.15, 0.2) is 11.5 Å². The first-order chi connectivity index (χ1) is 15.6. The van der Waals surface area contributed by atoms with Gasteiger partial charge in [-0.05, 0) is 42.7 Å².